The Hall–Kier alpha value is -3.32. The molecule has 0 spiro atoms. The quantitative estimate of drug-likeness (QED) is 0.510. The molecular weight excluding hydrogens is 458 g/mol. The fourth-order valence-corrected chi connectivity index (χ4v) is 4.80. The van der Waals surface area contributed by atoms with Gasteiger partial charge in [-0.1, -0.05) is 12.1 Å². The zero-order chi connectivity index (χ0) is 25.3. The third-order valence-corrected chi connectivity index (χ3v) is 6.72. The van der Waals surface area contributed by atoms with Crippen LogP contribution in [0.3, 0.4) is 0 Å². The molecule has 0 radical (unpaired) electrons. The van der Waals surface area contributed by atoms with Crippen LogP contribution >= 0.6 is 0 Å². The van der Waals surface area contributed by atoms with E-state index in [2.05, 4.69) is 28.0 Å². The molecule has 2 aliphatic rings. The van der Waals surface area contributed by atoms with E-state index in [1.165, 1.54) is 5.56 Å². The van der Waals surface area contributed by atoms with Gasteiger partial charge in [0.15, 0.2) is 0 Å². The van der Waals surface area contributed by atoms with Crippen LogP contribution in [-0.2, 0) is 11.2 Å². The highest BCUT2D eigenvalue weighted by molar-refractivity contribution is 5.71. The Morgan fingerprint density at radius 3 is 2.19 bits per heavy atom. The Balaban J connectivity index is 1.18. The van der Waals surface area contributed by atoms with Crippen molar-refractivity contribution in [3.8, 4) is 17.6 Å². The van der Waals surface area contributed by atoms with E-state index in [9.17, 15) is 4.79 Å². The average molecular weight is 494 g/mol. The van der Waals surface area contributed by atoms with Crippen molar-refractivity contribution in [2.24, 2.45) is 5.73 Å². The number of amides is 2. The largest absolute Gasteiger partial charge is 0.497 e. The number of ether oxygens (including phenoxy) is 3. The summed E-state index contributed by atoms with van der Waals surface area (Å²) in [6, 6.07) is 16.8. The van der Waals surface area contributed by atoms with Crippen molar-refractivity contribution < 1.29 is 19.0 Å². The van der Waals surface area contributed by atoms with Crippen molar-refractivity contribution in [1.29, 1.82) is 5.26 Å². The number of fused-ring (bicyclic) bond motifs is 2. The van der Waals surface area contributed by atoms with Crippen LogP contribution in [0.2, 0.25) is 0 Å². The zero-order valence-corrected chi connectivity index (χ0v) is 20.8. The standard InChI is InChI=1S/C27H35N5O4/c1-34-23-6-2-21(3-7-23)10-11-30-17-25-19-31(20-26(18-30)36-25)12-13-32(27(29)33)14-15-35-24-8-4-22(16-28)5-9-24/h2-9,25-26H,10-15,17-20H2,1H3,(H2,29,33). The first-order valence-electron chi connectivity index (χ1n) is 12.4. The molecule has 2 unspecified atom stereocenters. The molecule has 0 saturated carbocycles. The number of hydrogen-bond acceptors (Lipinski definition) is 7. The van der Waals surface area contributed by atoms with Crippen LogP contribution in [0.25, 0.3) is 0 Å². The fraction of sp³-hybridized carbons (Fsp3) is 0.481. The summed E-state index contributed by atoms with van der Waals surface area (Å²) in [6.07, 6.45) is 1.36. The van der Waals surface area contributed by atoms with Gasteiger partial charge in [-0.05, 0) is 48.4 Å². The molecule has 0 aromatic heterocycles. The van der Waals surface area contributed by atoms with Gasteiger partial charge in [0, 0.05) is 45.8 Å². The van der Waals surface area contributed by atoms with E-state index in [0.717, 1.165) is 51.4 Å². The van der Waals surface area contributed by atoms with E-state index < -0.39 is 6.03 Å². The van der Waals surface area contributed by atoms with Gasteiger partial charge >= 0.3 is 6.03 Å². The molecule has 9 heteroatoms. The lowest BCUT2D eigenvalue weighted by Crippen LogP contribution is -2.60. The third kappa shape index (κ3) is 7.34. The molecule has 192 valence electrons. The molecule has 4 rings (SSSR count). The van der Waals surface area contributed by atoms with Gasteiger partial charge in [0.25, 0.3) is 0 Å². The van der Waals surface area contributed by atoms with E-state index in [4.69, 9.17) is 25.2 Å². The Kier molecular flexibility index (Phi) is 9.01. The van der Waals surface area contributed by atoms with E-state index in [-0.39, 0.29) is 12.2 Å². The van der Waals surface area contributed by atoms with Gasteiger partial charge in [-0.25, -0.2) is 4.79 Å². The minimum absolute atomic E-state index is 0.176. The molecule has 36 heavy (non-hydrogen) atoms. The number of benzene rings is 2. The van der Waals surface area contributed by atoms with Crippen molar-refractivity contribution >= 4 is 6.03 Å². The zero-order valence-electron chi connectivity index (χ0n) is 20.8. The second-order valence-electron chi connectivity index (χ2n) is 9.31. The molecule has 2 aliphatic heterocycles. The number of morpholine rings is 2. The molecule has 2 amide bonds. The predicted molar refractivity (Wildman–Crippen MR) is 136 cm³/mol. The van der Waals surface area contributed by atoms with Crippen molar-refractivity contribution in [3.63, 3.8) is 0 Å². The van der Waals surface area contributed by atoms with Crippen molar-refractivity contribution in [3.05, 3.63) is 59.7 Å². The highest BCUT2D eigenvalue weighted by atomic mass is 16.5. The third-order valence-electron chi connectivity index (χ3n) is 6.72. The number of methoxy groups -OCH3 is 1. The maximum absolute atomic E-state index is 12.0. The first-order valence-corrected chi connectivity index (χ1v) is 12.4. The van der Waals surface area contributed by atoms with Gasteiger partial charge in [0.1, 0.15) is 18.1 Å². The summed E-state index contributed by atoms with van der Waals surface area (Å²) in [6.45, 7) is 6.60. The lowest BCUT2D eigenvalue weighted by Gasteiger charge is -2.46. The van der Waals surface area contributed by atoms with E-state index in [1.807, 2.05) is 12.1 Å². The van der Waals surface area contributed by atoms with Crippen molar-refractivity contribution in [2.75, 3.05) is 66.1 Å². The molecule has 2 N–H and O–H groups in total. The number of carbonyl (C=O) groups is 1. The summed E-state index contributed by atoms with van der Waals surface area (Å²) in [5, 5.41) is 8.89. The number of carbonyl (C=O) groups excluding carboxylic acids is 1. The molecule has 2 bridgehead atoms. The van der Waals surface area contributed by atoms with Crippen molar-refractivity contribution in [1.82, 2.24) is 14.7 Å². The topological polar surface area (TPSA) is 104 Å². The second-order valence-corrected chi connectivity index (χ2v) is 9.31. The molecule has 2 saturated heterocycles. The summed E-state index contributed by atoms with van der Waals surface area (Å²) in [5.74, 6) is 1.55. The number of rotatable bonds is 11. The van der Waals surface area contributed by atoms with Crippen LogP contribution in [-0.4, -0.2) is 99.0 Å². The molecule has 2 atom stereocenters. The molecule has 2 fully saturated rings. The van der Waals surface area contributed by atoms with E-state index in [1.54, 1.807) is 36.3 Å². The number of hydrogen-bond donors (Lipinski definition) is 1. The van der Waals surface area contributed by atoms with Crippen LogP contribution < -0.4 is 15.2 Å². The number of nitrogens with two attached hydrogens (primary N) is 1. The van der Waals surface area contributed by atoms with Gasteiger partial charge < -0.3 is 24.8 Å². The minimum atomic E-state index is -0.448. The van der Waals surface area contributed by atoms with Crippen LogP contribution in [0, 0.1) is 11.3 Å². The summed E-state index contributed by atoms with van der Waals surface area (Å²) in [4.78, 5) is 18.5. The Morgan fingerprint density at radius 1 is 1.00 bits per heavy atom. The summed E-state index contributed by atoms with van der Waals surface area (Å²) in [5.41, 5.74) is 7.51. The Labute approximate surface area is 212 Å². The molecular formula is C27H35N5O4. The number of primary amides is 1. The SMILES string of the molecule is COc1ccc(CCN2CC3CN(CCN(CCOc4ccc(C#N)cc4)C(N)=O)CC(C2)O3)cc1. The molecule has 2 aromatic carbocycles. The van der Waals surface area contributed by atoms with Crippen LogP contribution in [0.15, 0.2) is 48.5 Å². The maximum atomic E-state index is 12.0. The van der Waals surface area contributed by atoms with E-state index >= 15 is 0 Å². The maximum Gasteiger partial charge on any atom is 0.314 e. The highest BCUT2D eigenvalue weighted by Gasteiger charge is 2.34. The highest BCUT2D eigenvalue weighted by Crippen LogP contribution is 2.20. The number of urea groups is 1. The normalized spacial score (nSPS) is 19.9. The molecule has 2 heterocycles. The van der Waals surface area contributed by atoms with Gasteiger partial charge in [-0.3, -0.25) is 9.80 Å². The summed E-state index contributed by atoms with van der Waals surface area (Å²) in [7, 11) is 1.68. The smallest absolute Gasteiger partial charge is 0.314 e. The average Bonchev–Trinajstić information content (AvgIpc) is 2.89. The summed E-state index contributed by atoms with van der Waals surface area (Å²) >= 11 is 0. The first kappa shape index (κ1) is 25.8. The lowest BCUT2D eigenvalue weighted by atomic mass is 10.1. The van der Waals surface area contributed by atoms with E-state index in [0.29, 0.717) is 31.0 Å². The molecule has 9 nitrogen and oxygen atoms in total. The monoisotopic (exact) mass is 493 g/mol. The molecule has 2 aromatic rings. The molecule has 0 aliphatic carbocycles. The fourth-order valence-electron chi connectivity index (χ4n) is 4.80. The number of nitrogens with zero attached hydrogens (tertiary/aromatic N) is 4. The second kappa shape index (κ2) is 12.6. The van der Waals surface area contributed by atoms with Gasteiger partial charge in [0.2, 0.25) is 0 Å². The Bertz CT molecular complexity index is 1010. The minimum Gasteiger partial charge on any atom is -0.497 e. The Morgan fingerprint density at radius 2 is 1.61 bits per heavy atom. The van der Waals surface area contributed by atoms with Gasteiger partial charge in [-0.15, -0.1) is 0 Å². The van der Waals surface area contributed by atoms with Crippen LogP contribution in [0.4, 0.5) is 4.79 Å². The first-order chi connectivity index (χ1) is 17.5. The van der Waals surface area contributed by atoms with Crippen LogP contribution in [0.5, 0.6) is 11.5 Å². The lowest BCUT2D eigenvalue weighted by molar-refractivity contribution is -0.138. The van der Waals surface area contributed by atoms with Crippen molar-refractivity contribution in [2.45, 2.75) is 18.6 Å². The summed E-state index contributed by atoms with van der Waals surface area (Å²) < 4.78 is 17.2. The number of nitriles is 1. The van der Waals surface area contributed by atoms with Crippen LogP contribution in [0.1, 0.15) is 11.1 Å². The predicted octanol–water partition coefficient (Wildman–Crippen LogP) is 1.95. The van der Waals surface area contributed by atoms with Gasteiger partial charge in [0.05, 0.1) is 37.5 Å². The van der Waals surface area contributed by atoms with Gasteiger partial charge in [-0.2, -0.15) is 5.26 Å².